The second kappa shape index (κ2) is 11.7. The molecule has 0 aromatic heterocycles. The van der Waals surface area contributed by atoms with E-state index < -0.39 is 9.84 Å². The SMILES string of the molecule is CCNC(=NCCS(=O)(=O)CC)N(C)Cc1ccc(CC)cc1.I. The van der Waals surface area contributed by atoms with Gasteiger partial charge in [0.15, 0.2) is 15.8 Å². The van der Waals surface area contributed by atoms with Crippen LogP contribution in [0, 0.1) is 0 Å². The van der Waals surface area contributed by atoms with Crippen molar-refractivity contribution in [3.8, 4) is 0 Å². The van der Waals surface area contributed by atoms with Gasteiger partial charge in [-0.25, -0.2) is 8.42 Å². The first-order valence-corrected chi connectivity index (χ1v) is 10.0. The number of hydrogen-bond acceptors (Lipinski definition) is 3. The van der Waals surface area contributed by atoms with E-state index in [4.69, 9.17) is 0 Å². The zero-order chi connectivity index (χ0) is 17.3. The first-order valence-electron chi connectivity index (χ1n) is 8.19. The van der Waals surface area contributed by atoms with Crippen molar-refractivity contribution < 1.29 is 8.42 Å². The van der Waals surface area contributed by atoms with Crippen LogP contribution >= 0.6 is 24.0 Å². The van der Waals surface area contributed by atoms with E-state index in [1.165, 1.54) is 11.1 Å². The van der Waals surface area contributed by atoms with Gasteiger partial charge in [-0.2, -0.15) is 0 Å². The van der Waals surface area contributed by atoms with Crippen LogP contribution in [0.1, 0.15) is 31.9 Å². The van der Waals surface area contributed by atoms with Crippen molar-refractivity contribution in [2.45, 2.75) is 33.7 Å². The third kappa shape index (κ3) is 8.32. The molecule has 1 rings (SSSR count). The van der Waals surface area contributed by atoms with Gasteiger partial charge in [-0.1, -0.05) is 38.1 Å². The Morgan fingerprint density at radius 2 is 1.71 bits per heavy atom. The molecule has 0 saturated heterocycles. The lowest BCUT2D eigenvalue weighted by Gasteiger charge is -2.22. The summed E-state index contributed by atoms with van der Waals surface area (Å²) in [7, 11) is -1.01. The Kier molecular flexibility index (Phi) is 11.3. The Labute approximate surface area is 163 Å². The Hall–Kier alpha value is -0.830. The predicted octanol–water partition coefficient (Wildman–Crippen LogP) is 2.70. The first kappa shape index (κ1) is 23.2. The monoisotopic (exact) mass is 467 g/mol. The van der Waals surface area contributed by atoms with Crippen molar-refractivity contribution in [2.24, 2.45) is 4.99 Å². The molecule has 0 aliphatic heterocycles. The molecule has 0 aliphatic rings. The molecule has 0 saturated carbocycles. The number of sulfone groups is 1. The van der Waals surface area contributed by atoms with E-state index in [0.29, 0.717) is 0 Å². The molecule has 0 bridgehead atoms. The smallest absolute Gasteiger partial charge is 0.193 e. The molecule has 0 atom stereocenters. The summed E-state index contributed by atoms with van der Waals surface area (Å²) in [5.41, 5.74) is 2.53. The van der Waals surface area contributed by atoms with Crippen LogP contribution in [0.4, 0.5) is 0 Å². The van der Waals surface area contributed by atoms with Crippen molar-refractivity contribution in [1.29, 1.82) is 0 Å². The minimum absolute atomic E-state index is 0. The lowest BCUT2D eigenvalue weighted by Crippen LogP contribution is -2.38. The summed E-state index contributed by atoms with van der Waals surface area (Å²) < 4.78 is 23.1. The quantitative estimate of drug-likeness (QED) is 0.363. The number of halogens is 1. The maximum absolute atomic E-state index is 11.6. The van der Waals surface area contributed by atoms with Gasteiger partial charge in [0.2, 0.25) is 0 Å². The maximum Gasteiger partial charge on any atom is 0.193 e. The molecule has 0 fully saturated rings. The van der Waals surface area contributed by atoms with Gasteiger partial charge in [0.05, 0.1) is 12.3 Å². The Balaban J connectivity index is 0.00000529. The molecule has 24 heavy (non-hydrogen) atoms. The van der Waals surface area contributed by atoms with Crippen molar-refractivity contribution in [3.63, 3.8) is 0 Å². The van der Waals surface area contributed by atoms with Crippen LogP contribution in [0.25, 0.3) is 0 Å². The highest BCUT2D eigenvalue weighted by atomic mass is 127. The highest BCUT2D eigenvalue weighted by molar-refractivity contribution is 14.0. The second-order valence-electron chi connectivity index (χ2n) is 5.50. The molecular weight excluding hydrogens is 437 g/mol. The zero-order valence-electron chi connectivity index (χ0n) is 15.1. The van der Waals surface area contributed by atoms with Gasteiger partial charge < -0.3 is 10.2 Å². The summed E-state index contributed by atoms with van der Waals surface area (Å²) in [6, 6.07) is 8.53. The molecular formula is C17H30IN3O2S. The van der Waals surface area contributed by atoms with Crippen LogP contribution < -0.4 is 5.32 Å². The van der Waals surface area contributed by atoms with E-state index in [0.717, 1.165) is 25.5 Å². The normalized spacial score (nSPS) is 11.8. The number of nitrogens with one attached hydrogen (secondary N) is 1. The molecule has 1 aromatic carbocycles. The third-order valence-corrected chi connectivity index (χ3v) is 5.34. The van der Waals surface area contributed by atoms with Crippen molar-refractivity contribution >= 4 is 39.8 Å². The Bertz CT molecular complexity index is 601. The molecule has 0 radical (unpaired) electrons. The summed E-state index contributed by atoms with van der Waals surface area (Å²) >= 11 is 0. The number of nitrogens with zero attached hydrogens (tertiary/aromatic N) is 2. The maximum atomic E-state index is 11.6. The topological polar surface area (TPSA) is 61.8 Å². The van der Waals surface area contributed by atoms with Crippen LogP contribution in [-0.2, 0) is 22.8 Å². The predicted molar refractivity (Wildman–Crippen MR) is 113 cm³/mol. The van der Waals surface area contributed by atoms with Crippen molar-refractivity contribution in [3.05, 3.63) is 35.4 Å². The number of aliphatic imine (C=N–C) groups is 1. The van der Waals surface area contributed by atoms with Gasteiger partial charge in [0, 0.05) is 25.9 Å². The summed E-state index contributed by atoms with van der Waals surface area (Å²) in [5, 5.41) is 3.21. The van der Waals surface area contributed by atoms with E-state index in [1.54, 1.807) is 6.92 Å². The van der Waals surface area contributed by atoms with Gasteiger partial charge in [-0.05, 0) is 24.5 Å². The van der Waals surface area contributed by atoms with E-state index in [-0.39, 0.29) is 42.0 Å². The summed E-state index contributed by atoms with van der Waals surface area (Å²) in [5.74, 6) is 0.995. The third-order valence-electron chi connectivity index (χ3n) is 3.65. The second-order valence-corrected chi connectivity index (χ2v) is 7.97. The molecule has 0 spiro atoms. The number of aryl methyl sites for hydroxylation is 1. The fourth-order valence-corrected chi connectivity index (χ4v) is 2.79. The standard InChI is InChI=1S/C17H29N3O2S.HI/c1-5-15-8-10-16(11-9-15)14-20(4)17(18-6-2)19-12-13-23(21,22)7-3;/h8-11H,5-7,12-14H2,1-4H3,(H,18,19);1H. The average molecular weight is 467 g/mol. The van der Waals surface area contributed by atoms with Gasteiger partial charge in [0.25, 0.3) is 0 Å². The number of benzene rings is 1. The zero-order valence-corrected chi connectivity index (χ0v) is 18.2. The number of rotatable bonds is 8. The molecule has 0 aliphatic carbocycles. The molecule has 1 N–H and O–H groups in total. The summed E-state index contributed by atoms with van der Waals surface area (Å²) in [4.78, 5) is 6.45. The average Bonchev–Trinajstić information content (AvgIpc) is 2.54. The van der Waals surface area contributed by atoms with Crippen molar-refractivity contribution in [2.75, 3.05) is 31.6 Å². The van der Waals surface area contributed by atoms with Gasteiger partial charge in [0.1, 0.15) is 0 Å². The fourth-order valence-electron chi connectivity index (χ4n) is 2.13. The van der Waals surface area contributed by atoms with E-state index >= 15 is 0 Å². The number of hydrogen-bond donors (Lipinski definition) is 1. The molecule has 138 valence electrons. The van der Waals surface area contributed by atoms with Gasteiger partial charge >= 0.3 is 0 Å². The molecule has 5 nitrogen and oxygen atoms in total. The highest BCUT2D eigenvalue weighted by Gasteiger charge is 2.09. The number of guanidine groups is 1. The Morgan fingerprint density at radius 3 is 2.21 bits per heavy atom. The molecule has 7 heteroatoms. The van der Waals surface area contributed by atoms with Crippen molar-refractivity contribution in [1.82, 2.24) is 10.2 Å². The summed E-state index contributed by atoms with van der Waals surface area (Å²) in [6.07, 6.45) is 1.03. The molecule has 0 heterocycles. The highest BCUT2D eigenvalue weighted by Crippen LogP contribution is 2.07. The minimum Gasteiger partial charge on any atom is -0.357 e. The molecule has 1 aromatic rings. The van der Waals surface area contributed by atoms with E-state index in [2.05, 4.69) is 41.5 Å². The lowest BCUT2D eigenvalue weighted by atomic mass is 10.1. The van der Waals surface area contributed by atoms with Crippen LogP contribution in [0.3, 0.4) is 0 Å². The van der Waals surface area contributed by atoms with Crippen LogP contribution in [0.5, 0.6) is 0 Å². The van der Waals surface area contributed by atoms with Crippen LogP contribution in [-0.4, -0.2) is 50.9 Å². The van der Waals surface area contributed by atoms with Crippen LogP contribution in [0.15, 0.2) is 29.3 Å². The van der Waals surface area contributed by atoms with E-state index in [9.17, 15) is 8.42 Å². The largest absolute Gasteiger partial charge is 0.357 e. The lowest BCUT2D eigenvalue weighted by molar-refractivity contribution is 0.477. The summed E-state index contributed by atoms with van der Waals surface area (Å²) in [6.45, 7) is 7.58. The molecule has 0 amide bonds. The minimum atomic E-state index is -2.98. The fraction of sp³-hybridized carbons (Fsp3) is 0.588. The Morgan fingerprint density at radius 1 is 1.12 bits per heavy atom. The first-order chi connectivity index (χ1) is 10.9. The van der Waals surface area contributed by atoms with E-state index in [1.807, 2.05) is 18.9 Å². The van der Waals surface area contributed by atoms with Gasteiger partial charge in [-0.3, -0.25) is 4.99 Å². The van der Waals surface area contributed by atoms with Gasteiger partial charge in [-0.15, -0.1) is 24.0 Å². The molecule has 0 unspecified atom stereocenters. The van der Waals surface area contributed by atoms with Crippen LogP contribution in [0.2, 0.25) is 0 Å².